The van der Waals surface area contributed by atoms with Gasteiger partial charge in [-0.2, -0.15) is 5.10 Å². The molecule has 0 saturated heterocycles. The van der Waals surface area contributed by atoms with Crippen molar-refractivity contribution in [1.29, 1.82) is 0 Å². The van der Waals surface area contributed by atoms with Crippen LogP contribution in [0, 0.1) is 12.8 Å². The van der Waals surface area contributed by atoms with Crippen molar-refractivity contribution in [3.05, 3.63) is 18.0 Å². The Morgan fingerprint density at radius 1 is 1.47 bits per heavy atom. The first-order valence-electron chi connectivity index (χ1n) is 6.04. The fourth-order valence-electron chi connectivity index (χ4n) is 2.30. The van der Waals surface area contributed by atoms with E-state index in [0.717, 1.165) is 19.0 Å². The van der Waals surface area contributed by atoms with Crippen LogP contribution in [0.25, 0.3) is 0 Å². The molecule has 1 aromatic heterocycles. The summed E-state index contributed by atoms with van der Waals surface area (Å²) < 4.78 is 2.01. The second-order valence-electron chi connectivity index (χ2n) is 4.64. The molecule has 3 heteroatoms. The molecule has 0 bridgehead atoms. The first-order chi connectivity index (χ1) is 7.34. The van der Waals surface area contributed by atoms with Gasteiger partial charge in [-0.05, 0) is 37.8 Å². The Hall–Kier alpha value is -0.830. The maximum absolute atomic E-state index is 4.26. The number of hydrogen-bond acceptors (Lipinski definition) is 2. The first-order valence-corrected chi connectivity index (χ1v) is 6.04. The van der Waals surface area contributed by atoms with E-state index in [9.17, 15) is 0 Å². The van der Waals surface area contributed by atoms with Gasteiger partial charge in [-0.15, -0.1) is 0 Å². The first kappa shape index (κ1) is 10.7. The average Bonchev–Trinajstić information content (AvgIpc) is 2.84. The minimum Gasteiger partial charge on any atom is -0.315 e. The molecule has 1 saturated carbocycles. The van der Waals surface area contributed by atoms with E-state index in [2.05, 4.69) is 23.5 Å². The van der Waals surface area contributed by atoms with Gasteiger partial charge in [0, 0.05) is 12.7 Å². The summed E-state index contributed by atoms with van der Waals surface area (Å²) in [5, 5.41) is 7.79. The van der Waals surface area contributed by atoms with Crippen LogP contribution in [-0.2, 0) is 6.54 Å². The minimum absolute atomic E-state index is 0.935. The van der Waals surface area contributed by atoms with Crippen LogP contribution in [0.1, 0.15) is 31.2 Å². The zero-order valence-corrected chi connectivity index (χ0v) is 9.58. The SMILES string of the molecule is Cc1cnn(CCNCC2CCCC2)c1. The van der Waals surface area contributed by atoms with Gasteiger partial charge in [0.25, 0.3) is 0 Å². The van der Waals surface area contributed by atoms with Crippen LogP contribution in [0.4, 0.5) is 0 Å². The van der Waals surface area contributed by atoms with Gasteiger partial charge in [0.2, 0.25) is 0 Å². The van der Waals surface area contributed by atoms with E-state index >= 15 is 0 Å². The Bertz CT molecular complexity index is 287. The molecule has 1 aliphatic rings. The third kappa shape index (κ3) is 3.34. The zero-order chi connectivity index (χ0) is 10.5. The van der Waals surface area contributed by atoms with Crippen LogP contribution in [0.15, 0.2) is 12.4 Å². The van der Waals surface area contributed by atoms with Gasteiger partial charge in [-0.3, -0.25) is 4.68 Å². The van der Waals surface area contributed by atoms with Crippen LogP contribution in [0.2, 0.25) is 0 Å². The Kier molecular flexibility index (Phi) is 3.78. The highest BCUT2D eigenvalue weighted by atomic mass is 15.3. The van der Waals surface area contributed by atoms with Crippen molar-refractivity contribution in [1.82, 2.24) is 15.1 Å². The third-order valence-corrected chi connectivity index (χ3v) is 3.19. The Labute approximate surface area is 91.9 Å². The lowest BCUT2D eigenvalue weighted by Gasteiger charge is -2.10. The Balaban J connectivity index is 1.58. The van der Waals surface area contributed by atoms with Gasteiger partial charge in [-0.25, -0.2) is 0 Å². The van der Waals surface area contributed by atoms with Crippen molar-refractivity contribution in [2.45, 2.75) is 39.2 Å². The molecule has 1 aromatic rings. The van der Waals surface area contributed by atoms with Gasteiger partial charge in [0.05, 0.1) is 12.7 Å². The van der Waals surface area contributed by atoms with E-state index in [4.69, 9.17) is 0 Å². The summed E-state index contributed by atoms with van der Waals surface area (Å²) in [6, 6.07) is 0. The lowest BCUT2D eigenvalue weighted by Crippen LogP contribution is -2.25. The van der Waals surface area contributed by atoms with Gasteiger partial charge in [-0.1, -0.05) is 12.8 Å². The van der Waals surface area contributed by atoms with Crippen LogP contribution < -0.4 is 5.32 Å². The van der Waals surface area contributed by atoms with Crippen LogP contribution in [0.5, 0.6) is 0 Å². The van der Waals surface area contributed by atoms with Crippen LogP contribution in [0.3, 0.4) is 0 Å². The molecule has 0 radical (unpaired) electrons. The molecule has 0 aromatic carbocycles. The molecule has 0 atom stereocenters. The summed E-state index contributed by atoms with van der Waals surface area (Å²) >= 11 is 0. The highest BCUT2D eigenvalue weighted by Gasteiger charge is 2.13. The molecule has 0 aliphatic heterocycles. The van der Waals surface area contributed by atoms with E-state index in [1.807, 2.05) is 10.9 Å². The predicted octanol–water partition coefficient (Wildman–Crippen LogP) is 1.97. The summed E-state index contributed by atoms with van der Waals surface area (Å²) in [6.45, 7) is 5.30. The summed E-state index contributed by atoms with van der Waals surface area (Å²) in [5.74, 6) is 0.935. The largest absolute Gasteiger partial charge is 0.315 e. The van der Waals surface area contributed by atoms with E-state index in [1.165, 1.54) is 37.8 Å². The van der Waals surface area contributed by atoms with E-state index in [1.54, 1.807) is 0 Å². The molecular formula is C12H21N3. The van der Waals surface area contributed by atoms with Crippen LogP contribution in [-0.4, -0.2) is 22.9 Å². The highest BCUT2D eigenvalue weighted by molar-refractivity contribution is 4.99. The molecule has 3 nitrogen and oxygen atoms in total. The van der Waals surface area contributed by atoms with Gasteiger partial charge >= 0.3 is 0 Å². The quantitative estimate of drug-likeness (QED) is 0.748. The Morgan fingerprint density at radius 3 is 2.93 bits per heavy atom. The fraction of sp³-hybridized carbons (Fsp3) is 0.750. The number of rotatable bonds is 5. The molecule has 2 rings (SSSR count). The molecule has 0 amide bonds. The van der Waals surface area contributed by atoms with Gasteiger partial charge < -0.3 is 5.32 Å². The molecule has 1 heterocycles. The van der Waals surface area contributed by atoms with Crippen molar-refractivity contribution in [3.8, 4) is 0 Å². The monoisotopic (exact) mass is 207 g/mol. The third-order valence-electron chi connectivity index (χ3n) is 3.19. The minimum atomic E-state index is 0.935. The molecule has 1 aliphatic carbocycles. The molecule has 1 fully saturated rings. The maximum atomic E-state index is 4.26. The molecule has 1 N–H and O–H groups in total. The number of hydrogen-bond donors (Lipinski definition) is 1. The van der Waals surface area contributed by atoms with Crippen molar-refractivity contribution in [2.75, 3.05) is 13.1 Å². The predicted molar refractivity (Wildman–Crippen MR) is 61.8 cm³/mol. The van der Waals surface area contributed by atoms with E-state index in [0.29, 0.717) is 0 Å². The topological polar surface area (TPSA) is 29.9 Å². The normalized spacial score (nSPS) is 17.4. The lowest BCUT2D eigenvalue weighted by molar-refractivity contribution is 0.467. The molecule has 0 unspecified atom stereocenters. The average molecular weight is 207 g/mol. The Morgan fingerprint density at radius 2 is 2.27 bits per heavy atom. The van der Waals surface area contributed by atoms with Crippen LogP contribution >= 0.6 is 0 Å². The smallest absolute Gasteiger partial charge is 0.0534 e. The molecule has 84 valence electrons. The van der Waals surface area contributed by atoms with E-state index < -0.39 is 0 Å². The summed E-state index contributed by atoms with van der Waals surface area (Å²) in [6.07, 6.45) is 9.73. The van der Waals surface area contributed by atoms with Gasteiger partial charge in [0.15, 0.2) is 0 Å². The fourth-order valence-corrected chi connectivity index (χ4v) is 2.30. The van der Waals surface area contributed by atoms with Crippen molar-refractivity contribution in [3.63, 3.8) is 0 Å². The maximum Gasteiger partial charge on any atom is 0.0534 e. The molecule has 15 heavy (non-hydrogen) atoms. The lowest BCUT2D eigenvalue weighted by atomic mass is 10.1. The van der Waals surface area contributed by atoms with Crippen molar-refractivity contribution in [2.24, 2.45) is 5.92 Å². The standard InChI is InChI=1S/C12H21N3/c1-11-8-14-15(10-11)7-6-13-9-12-4-2-3-5-12/h8,10,12-13H,2-7,9H2,1H3. The number of aryl methyl sites for hydroxylation is 1. The number of nitrogens with one attached hydrogen (secondary N) is 1. The van der Waals surface area contributed by atoms with Crippen molar-refractivity contribution < 1.29 is 0 Å². The summed E-state index contributed by atoms with van der Waals surface area (Å²) in [7, 11) is 0. The van der Waals surface area contributed by atoms with E-state index in [-0.39, 0.29) is 0 Å². The molecular weight excluding hydrogens is 186 g/mol. The van der Waals surface area contributed by atoms with Crippen molar-refractivity contribution >= 4 is 0 Å². The number of aromatic nitrogens is 2. The molecule has 0 spiro atoms. The second kappa shape index (κ2) is 5.31. The number of nitrogens with zero attached hydrogens (tertiary/aromatic N) is 2. The summed E-state index contributed by atoms with van der Waals surface area (Å²) in [4.78, 5) is 0. The zero-order valence-electron chi connectivity index (χ0n) is 9.58. The van der Waals surface area contributed by atoms with Gasteiger partial charge in [0.1, 0.15) is 0 Å². The second-order valence-corrected chi connectivity index (χ2v) is 4.64. The highest BCUT2D eigenvalue weighted by Crippen LogP contribution is 2.23. The summed E-state index contributed by atoms with van der Waals surface area (Å²) in [5.41, 5.74) is 1.24.